The van der Waals surface area contributed by atoms with Crippen molar-refractivity contribution in [3.63, 3.8) is 0 Å². The van der Waals surface area contributed by atoms with Gasteiger partial charge in [0.15, 0.2) is 0 Å². The Morgan fingerprint density at radius 1 is 1.00 bits per heavy atom. The summed E-state index contributed by atoms with van der Waals surface area (Å²) in [4.78, 5) is 12.3. The molecule has 0 aliphatic heterocycles. The Kier molecular flexibility index (Phi) is 7.07. The van der Waals surface area contributed by atoms with Gasteiger partial charge < -0.3 is 15.7 Å². The molecular formula is C18H21ClN2O2. The maximum atomic E-state index is 12.3. The van der Waals surface area contributed by atoms with E-state index in [4.69, 9.17) is 16.7 Å². The molecule has 0 bridgehead atoms. The number of nitrogens with one attached hydrogen (secondary N) is 2. The molecule has 2 rings (SSSR count). The molecule has 0 radical (unpaired) electrons. The third-order valence-electron chi connectivity index (χ3n) is 3.51. The van der Waals surface area contributed by atoms with E-state index < -0.39 is 6.04 Å². The van der Waals surface area contributed by atoms with Crippen LogP contribution in [0.15, 0.2) is 54.6 Å². The molecule has 2 aromatic rings. The van der Waals surface area contributed by atoms with Crippen molar-refractivity contribution in [2.45, 2.75) is 25.6 Å². The number of aliphatic hydroxyl groups excluding tert-OH is 1. The maximum Gasteiger partial charge on any atom is 0.237 e. The van der Waals surface area contributed by atoms with Crippen molar-refractivity contribution in [3.8, 4) is 0 Å². The minimum absolute atomic E-state index is 0.0409. The lowest BCUT2D eigenvalue weighted by Crippen LogP contribution is -2.44. The van der Waals surface area contributed by atoms with Crippen LogP contribution in [0.3, 0.4) is 0 Å². The molecule has 0 fully saturated rings. The Hall–Kier alpha value is -1.88. The van der Waals surface area contributed by atoms with Crippen LogP contribution in [0.25, 0.3) is 0 Å². The lowest BCUT2D eigenvalue weighted by atomic mass is 10.1. The van der Waals surface area contributed by atoms with Crippen LogP contribution >= 0.6 is 11.6 Å². The first-order valence-electron chi connectivity index (χ1n) is 7.59. The number of halogens is 1. The van der Waals surface area contributed by atoms with Crippen LogP contribution in [-0.4, -0.2) is 23.7 Å². The monoisotopic (exact) mass is 332 g/mol. The van der Waals surface area contributed by atoms with Crippen molar-refractivity contribution >= 4 is 17.5 Å². The minimum atomic E-state index is -0.424. The molecule has 2 aromatic carbocycles. The number of benzene rings is 2. The molecule has 1 unspecified atom stereocenters. The van der Waals surface area contributed by atoms with Crippen molar-refractivity contribution in [1.29, 1.82) is 0 Å². The highest BCUT2D eigenvalue weighted by molar-refractivity contribution is 6.30. The first kappa shape index (κ1) is 17.5. The van der Waals surface area contributed by atoms with Gasteiger partial charge in [0.05, 0.1) is 6.04 Å². The summed E-state index contributed by atoms with van der Waals surface area (Å²) in [6.45, 7) is 0.978. The predicted molar refractivity (Wildman–Crippen MR) is 92.1 cm³/mol. The van der Waals surface area contributed by atoms with Gasteiger partial charge in [-0.1, -0.05) is 54.1 Å². The minimum Gasteiger partial charge on any atom is -0.396 e. The van der Waals surface area contributed by atoms with Gasteiger partial charge in [0.2, 0.25) is 5.91 Å². The fourth-order valence-electron chi connectivity index (χ4n) is 2.21. The van der Waals surface area contributed by atoms with E-state index in [1.165, 1.54) is 0 Å². The smallest absolute Gasteiger partial charge is 0.237 e. The molecule has 0 aliphatic carbocycles. The molecule has 0 aromatic heterocycles. The Balaban J connectivity index is 1.86. The van der Waals surface area contributed by atoms with E-state index in [1.807, 2.05) is 42.5 Å². The lowest BCUT2D eigenvalue weighted by Gasteiger charge is -2.17. The number of rotatable bonds is 8. The fourth-order valence-corrected chi connectivity index (χ4v) is 2.33. The summed E-state index contributed by atoms with van der Waals surface area (Å²) in [6.07, 6.45) is 0.374. The normalized spacial score (nSPS) is 11.9. The van der Waals surface area contributed by atoms with E-state index in [9.17, 15) is 4.79 Å². The summed E-state index contributed by atoms with van der Waals surface area (Å²) in [7, 11) is 0. The number of hydrogen-bond acceptors (Lipinski definition) is 3. The highest BCUT2D eigenvalue weighted by Crippen LogP contribution is 2.09. The summed E-state index contributed by atoms with van der Waals surface area (Å²) in [5, 5.41) is 15.9. The van der Waals surface area contributed by atoms with E-state index in [0.717, 1.165) is 11.1 Å². The second-order valence-corrected chi connectivity index (χ2v) is 5.71. The Bertz CT molecular complexity index is 602. The van der Waals surface area contributed by atoms with Crippen molar-refractivity contribution in [3.05, 3.63) is 70.7 Å². The van der Waals surface area contributed by atoms with Crippen LogP contribution < -0.4 is 10.6 Å². The van der Waals surface area contributed by atoms with Crippen LogP contribution in [0.5, 0.6) is 0 Å². The lowest BCUT2D eigenvalue weighted by molar-refractivity contribution is -0.123. The van der Waals surface area contributed by atoms with E-state index in [1.54, 1.807) is 12.1 Å². The van der Waals surface area contributed by atoms with Crippen molar-refractivity contribution in [2.75, 3.05) is 6.61 Å². The van der Waals surface area contributed by atoms with E-state index in [-0.39, 0.29) is 12.5 Å². The van der Waals surface area contributed by atoms with Gasteiger partial charge in [-0.2, -0.15) is 0 Å². The van der Waals surface area contributed by atoms with Gasteiger partial charge in [-0.05, 0) is 29.7 Å². The molecule has 0 heterocycles. The van der Waals surface area contributed by atoms with E-state index in [0.29, 0.717) is 24.5 Å². The number of amides is 1. The van der Waals surface area contributed by atoms with Crippen LogP contribution in [0.4, 0.5) is 0 Å². The largest absolute Gasteiger partial charge is 0.396 e. The molecule has 0 saturated carbocycles. The first-order valence-corrected chi connectivity index (χ1v) is 7.97. The molecule has 0 saturated heterocycles. The van der Waals surface area contributed by atoms with Crippen LogP contribution in [-0.2, 0) is 17.9 Å². The Labute approximate surface area is 141 Å². The topological polar surface area (TPSA) is 61.4 Å². The third kappa shape index (κ3) is 6.02. The first-order chi connectivity index (χ1) is 11.2. The van der Waals surface area contributed by atoms with Crippen LogP contribution in [0.1, 0.15) is 17.5 Å². The summed E-state index contributed by atoms with van der Waals surface area (Å²) in [5.74, 6) is -0.120. The van der Waals surface area contributed by atoms with Crippen LogP contribution in [0.2, 0.25) is 5.02 Å². The molecule has 1 amide bonds. The molecule has 1 atom stereocenters. The fraction of sp³-hybridized carbons (Fsp3) is 0.278. The van der Waals surface area contributed by atoms with Gasteiger partial charge in [-0.25, -0.2) is 0 Å². The van der Waals surface area contributed by atoms with Gasteiger partial charge >= 0.3 is 0 Å². The molecular weight excluding hydrogens is 312 g/mol. The number of carbonyl (C=O) groups is 1. The molecule has 5 heteroatoms. The molecule has 0 spiro atoms. The standard InChI is InChI=1S/C18H21ClN2O2/c19-16-8-6-15(7-9-16)13-21-18(23)17(10-11-22)20-12-14-4-2-1-3-5-14/h1-9,17,20,22H,10-13H2,(H,21,23). The van der Waals surface area contributed by atoms with Crippen molar-refractivity contribution in [1.82, 2.24) is 10.6 Å². The number of aliphatic hydroxyl groups is 1. The molecule has 122 valence electrons. The number of hydrogen-bond donors (Lipinski definition) is 3. The van der Waals surface area contributed by atoms with E-state index in [2.05, 4.69) is 10.6 Å². The average Bonchev–Trinajstić information content (AvgIpc) is 2.58. The highest BCUT2D eigenvalue weighted by Gasteiger charge is 2.16. The second kappa shape index (κ2) is 9.30. The maximum absolute atomic E-state index is 12.3. The number of carbonyl (C=O) groups excluding carboxylic acids is 1. The second-order valence-electron chi connectivity index (χ2n) is 5.28. The summed E-state index contributed by atoms with van der Waals surface area (Å²) in [6, 6.07) is 16.8. The van der Waals surface area contributed by atoms with Gasteiger partial charge in [0, 0.05) is 24.7 Å². The van der Waals surface area contributed by atoms with Gasteiger partial charge in [0.25, 0.3) is 0 Å². The third-order valence-corrected chi connectivity index (χ3v) is 3.76. The zero-order chi connectivity index (χ0) is 16.5. The van der Waals surface area contributed by atoms with Gasteiger partial charge in [0.1, 0.15) is 0 Å². The van der Waals surface area contributed by atoms with Gasteiger partial charge in [-0.15, -0.1) is 0 Å². The van der Waals surface area contributed by atoms with Crippen molar-refractivity contribution in [2.24, 2.45) is 0 Å². The zero-order valence-corrected chi connectivity index (χ0v) is 13.6. The summed E-state index contributed by atoms with van der Waals surface area (Å²) in [5.41, 5.74) is 2.08. The summed E-state index contributed by atoms with van der Waals surface area (Å²) < 4.78 is 0. The van der Waals surface area contributed by atoms with Gasteiger partial charge in [-0.3, -0.25) is 4.79 Å². The summed E-state index contributed by atoms with van der Waals surface area (Å²) >= 11 is 5.84. The molecule has 4 nitrogen and oxygen atoms in total. The van der Waals surface area contributed by atoms with E-state index >= 15 is 0 Å². The average molecular weight is 333 g/mol. The highest BCUT2D eigenvalue weighted by atomic mass is 35.5. The Morgan fingerprint density at radius 3 is 2.30 bits per heavy atom. The molecule has 3 N–H and O–H groups in total. The molecule has 23 heavy (non-hydrogen) atoms. The SMILES string of the molecule is O=C(NCc1ccc(Cl)cc1)C(CCO)NCc1ccccc1. The predicted octanol–water partition coefficient (Wildman–Crippen LogP) is 2.50. The zero-order valence-electron chi connectivity index (χ0n) is 12.8. The van der Waals surface area contributed by atoms with Crippen molar-refractivity contribution < 1.29 is 9.90 Å². The molecule has 0 aliphatic rings. The Morgan fingerprint density at radius 2 is 1.65 bits per heavy atom. The van der Waals surface area contributed by atoms with Crippen LogP contribution in [0, 0.1) is 0 Å². The quantitative estimate of drug-likeness (QED) is 0.696.